The minimum absolute atomic E-state index is 0.336. The van der Waals surface area contributed by atoms with Gasteiger partial charge in [-0.05, 0) is 36.2 Å². The first-order valence-electron chi connectivity index (χ1n) is 10.0. The third kappa shape index (κ3) is 3.84. The van der Waals surface area contributed by atoms with Gasteiger partial charge >= 0.3 is 5.97 Å². The van der Waals surface area contributed by atoms with Gasteiger partial charge in [-0.15, -0.1) is 0 Å². The maximum Gasteiger partial charge on any atom is 0.326 e. The Kier molecular flexibility index (Phi) is 5.62. The van der Waals surface area contributed by atoms with Crippen LogP contribution < -0.4 is 9.47 Å². The number of benzene rings is 3. The Labute approximate surface area is 180 Å². The topological polar surface area (TPSA) is 76.1 Å². The number of hydrogen-bond acceptors (Lipinski definition) is 4. The molecule has 1 fully saturated rings. The number of hydrogen-bond donors (Lipinski definition) is 1. The highest BCUT2D eigenvalue weighted by Crippen LogP contribution is 2.40. The van der Waals surface area contributed by atoms with E-state index in [1.807, 2.05) is 66.7 Å². The molecule has 0 aromatic heterocycles. The van der Waals surface area contributed by atoms with Gasteiger partial charge in [-0.3, -0.25) is 4.79 Å². The summed E-state index contributed by atoms with van der Waals surface area (Å²) < 4.78 is 11.4. The molecule has 1 N–H and O–H groups in total. The van der Waals surface area contributed by atoms with Crippen molar-refractivity contribution >= 4 is 11.9 Å². The monoisotopic (exact) mass is 417 g/mol. The highest BCUT2D eigenvalue weighted by atomic mass is 16.5. The zero-order chi connectivity index (χ0) is 22.0. The maximum atomic E-state index is 12.8. The fourth-order valence-electron chi connectivity index (χ4n) is 3.87. The van der Waals surface area contributed by atoms with Crippen LogP contribution >= 0.6 is 0 Å². The predicted molar refractivity (Wildman–Crippen MR) is 116 cm³/mol. The second-order valence-corrected chi connectivity index (χ2v) is 7.38. The number of nitrogens with zero attached hydrogens (tertiary/aromatic N) is 1. The van der Waals surface area contributed by atoms with Crippen LogP contribution in [0.1, 0.15) is 18.5 Å². The highest BCUT2D eigenvalue weighted by Gasteiger charge is 2.53. The highest BCUT2D eigenvalue weighted by molar-refractivity contribution is 5.93. The molecule has 0 saturated carbocycles. The van der Waals surface area contributed by atoms with E-state index in [2.05, 4.69) is 0 Å². The van der Waals surface area contributed by atoms with Crippen LogP contribution in [0.3, 0.4) is 0 Å². The van der Waals surface area contributed by atoms with Crippen LogP contribution in [0, 0.1) is 0 Å². The van der Waals surface area contributed by atoms with Gasteiger partial charge in [0.15, 0.2) is 0 Å². The summed E-state index contributed by atoms with van der Waals surface area (Å²) >= 11 is 0. The number of likely N-dealkylation sites (tertiary alicyclic amines) is 1. The summed E-state index contributed by atoms with van der Waals surface area (Å²) in [7, 11) is 1.63. The number of carboxylic acid groups (broad SMARTS) is 1. The Morgan fingerprint density at radius 3 is 2.26 bits per heavy atom. The van der Waals surface area contributed by atoms with Crippen LogP contribution in [0.2, 0.25) is 0 Å². The Bertz CT molecular complexity index is 1080. The lowest BCUT2D eigenvalue weighted by atomic mass is 9.87. The van der Waals surface area contributed by atoms with E-state index < -0.39 is 24.2 Å². The lowest BCUT2D eigenvalue weighted by Gasteiger charge is -2.48. The molecule has 0 unspecified atom stereocenters. The Balaban J connectivity index is 1.65. The van der Waals surface area contributed by atoms with Crippen LogP contribution in [0.25, 0.3) is 11.1 Å². The third-order valence-corrected chi connectivity index (χ3v) is 5.54. The second-order valence-electron chi connectivity index (χ2n) is 7.38. The normalized spacial score (nSPS) is 18.8. The first kappa shape index (κ1) is 20.5. The van der Waals surface area contributed by atoms with E-state index in [0.29, 0.717) is 5.75 Å². The van der Waals surface area contributed by atoms with Crippen LogP contribution in [0.5, 0.6) is 11.5 Å². The summed E-state index contributed by atoms with van der Waals surface area (Å²) in [6, 6.07) is 23.0. The number of para-hydroxylation sites is 2. The standard InChI is InChI=1S/C25H23NO5/c1-16(25(28)29)26-22(23(24(26)27)31-19-8-4-3-5-9-19)18-14-12-17(13-15-18)20-10-6-7-11-21(20)30-2/h3-16,22-23H,1-2H3,(H,28,29)/t16-,22+,23-/m0/s1. The molecule has 31 heavy (non-hydrogen) atoms. The molecule has 1 saturated heterocycles. The van der Waals surface area contributed by atoms with Gasteiger partial charge in [0, 0.05) is 5.56 Å². The molecule has 3 aromatic carbocycles. The fraction of sp³-hybridized carbons (Fsp3) is 0.200. The summed E-state index contributed by atoms with van der Waals surface area (Å²) in [5.41, 5.74) is 2.73. The minimum Gasteiger partial charge on any atom is -0.496 e. The molecule has 0 radical (unpaired) electrons. The van der Waals surface area contributed by atoms with Crippen molar-refractivity contribution in [2.45, 2.75) is 25.1 Å². The van der Waals surface area contributed by atoms with Gasteiger partial charge in [-0.25, -0.2) is 4.79 Å². The first-order chi connectivity index (χ1) is 15.0. The minimum atomic E-state index is -1.05. The molecule has 0 bridgehead atoms. The zero-order valence-corrected chi connectivity index (χ0v) is 17.3. The summed E-state index contributed by atoms with van der Waals surface area (Å²) in [5.74, 6) is -0.0562. The van der Waals surface area contributed by atoms with E-state index in [1.165, 1.54) is 11.8 Å². The van der Waals surface area contributed by atoms with Crippen LogP contribution in [-0.4, -0.2) is 41.1 Å². The van der Waals surface area contributed by atoms with Crippen LogP contribution in [0.15, 0.2) is 78.9 Å². The number of rotatable bonds is 7. The Hall–Kier alpha value is -3.80. The zero-order valence-electron chi connectivity index (χ0n) is 17.3. The van der Waals surface area contributed by atoms with E-state index >= 15 is 0 Å². The molecule has 3 atom stereocenters. The molecule has 6 nitrogen and oxygen atoms in total. The average molecular weight is 417 g/mol. The molecule has 6 heteroatoms. The predicted octanol–water partition coefficient (Wildman–Crippen LogP) is 4.17. The van der Waals surface area contributed by atoms with Crippen molar-refractivity contribution in [3.8, 4) is 22.6 Å². The number of carbonyl (C=O) groups excluding carboxylic acids is 1. The Morgan fingerprint density at radius 1 is 0.968 bits per heavy atom. The van der Waals surface area contributed by atoms with Gasteiger partial charge in [0.25, 0.3) is 5.91 Å². The molecule has 158 valence electrons. The molecule has 1 aliphatic heterocycles. The number of ether oxygens (including phenoxy) is 2. The number of β-lactam (4-membered cyclic amide) rings is 1. The molecular formula is C25H23NO5. The van der Waals surface area contributed by atoms with Crippen molar-refractivity contribution in [3.63, 3.8) is 0 Å². The van der Waals surface area contributed by atoms with E-state index in [1.54, 1.807) is 19.2 Å². The molecule has 0 spiro atoms. The number of carboxylic acids is 1. The van der Waals surface area contributed by atoms with Crippen molar-refractivity contribution in [3.05, 3.63) is 84.4 Å². The molecular weight excluding hydrogens is 394 g/mol. The molecule has 0 aliphatic carbocycles. The van der Waals surface area contributed by atoms with Gasteiger partial charge in [-0.2, -0.15) is 0 Å². The second kappa shape index (κ2) is 8.52. The summed E-state index contributed by atoms with van der Waals surface area (Å²) in [5, 5.41) is 9.48. The van der Waals surface area contributed by atoms with Gasteiger partial charge in [0.2, 0.25) is 6.10 Å². The lowest BCUT2D eigenvalue weighted by Crippen LogP contribution is -2.65. The van der Waals surface area contributed by atoms with Gasteiger partial charge in [-0.1, -0.05) is 60.7 Å². The van der Waals surface area contributed by atoms with E-state index in [4.69, 9.17) is 9.47 Å². The van der Waals surface area contributed by atoms with Gasteiger partial charge in [0.1, 0.15) is 23.6 Å². The number of methoxy groups -OCH3 is 1. The molecule has 3 aromatic rings. The van der Waals surface area contributed by atoms with E-state index in [9.17, 15) is 14.7 Å². The smallest absolute Gasteiger partial charge is 0.326 e. The average Bonchev–Trinajstić information content (AvgIpc) is 2.81. The molecule has 4 rings (SSSR count). The van der Waals surface area contributed by atoms with E-state index in [0.717, 1.165) is 22.4 Å². The summed E-state index contributed by atoms with van der Waals surface area (Å²) in [4.78, 5) is 25.7. The SMILES string of the molecule is COc1ccccc1-c1ccc([C@@H]2[C@H](Oc3ccccc3)C(=O)N2[C@@H](C)C(=O)O)cc1. The lowest BCUT2D eigenvalue weighted by molar-refractivity contribution is -0.175. The fourth-order valence-corrected chi connectivity index (χ4v) is 3.87. The van der Waals surface area contributed by atoms with Crippen molar-refractivity contribution in [2.75, 3.05) is 7.11 Å². The van der Waals surface area contributed by atoms with Crippen molar-refractivity contribution in [2.24, 2.45) is 0 Å². The summed E-state index contributed by atoms with van der Waals surface area (Å²) in [6.45, 7) is 1.51. The van der Waals surface area contributed by atoms with Crippen molar-refractivity contribution < 1.29 is 24.2 Å². The number of aliphatic carboxylic acids is 1. The quantitative estimate of drug-likeness (QED) is 0.584. The largest absolute Gasteiger partial charge is 0.496 e. The van der Waals surface area contributed by atoms with Crippen LogP contribution in [-0.2, 0) is 9.59 Å². The van der Waals surface area contributed by atoms with Crippen molar-refractivity contribution in [1.82, 2.24) is 4.90 Å². The number of amides is 1. The molecule has 1 heterocycles. The van der Waals surface area contributed by atoms with Gasteiger partial charge in [0.05, 0.1) is 7.11 Å². The Morgan fingerprint density at radius 2 is 1.61 bits per heavy atom. The third-order valence-electron chi connectivity index (χ3n) is 5.54. The summed E-state index contributed by atoms with van der Waals surface area (Å²) in [6.07, 6.45) is -0.777. The first-order valence-corrected chi connectivity index (χ1v) is 10.0. The van der Waals surface area contributed by atoms with E-state index in [-0.39, 0.29) is 5.91 Å². The number of carbonyl (C=O) groups is 2. The van der Waals surface area contributed by atoms with Crippen LogP contribution in [0.4, 0.5) is 0 Å². The maximum absolute atomic E-state index is 12.8. The molecule has 1 amide bonds. The van der Waals surface area contributed by atoms with Gasteiger partial charge < -0.3 is 19.5 Å². The van der Waals surface area contributed by atoms with Crippen molar-refractivity contribution in [1.29, 1.82) is 0 Å². The molecule has 1 aliphatic rings.